The molecule has 4 rings (SSSR count). The molecule has 1 aromatic heterocycles. The van der Waals surface area contributed by atoms with Crippen LogP contribution < -0.4 is 0 Å². The van der Waals surface area contributed by atoms with Crippen molar-refractivity contribution < 1.29 is 13.2 Å². The first-order valence-electron chi connectivity index (χ1n) is 8.86. The Morgan fingerprint density at radius 2 is 1.88 bits per heavy atom. The third-order valence-electron chi connectivity index (χ3n) is 5.08. The molecule has 26 heavy (non-hydrogen) atoms. The van der Waals surface area contributed by atoms with Gasteiger partial charge in [0.1, 0.15) is 5.82 Å². The van der Waals surface area contributed by atoms with Gasteiger partial charge in [0.05, 0.1) is 23.9 Å². The summed E-state index contributed by atoms with van der Waals surface area (Å²) in [7, 11) is -3.22. The Hall–Kier alpha value is -2.22. The fraction of sp³-hybridized carbons (Fsp3) is 0.500. The largest absolute Gasteiger partial charge is 0.331 e. The number of nitrogens with zero attached hydrogens (tertiary/aromatic N) is 4. The minimum atomic E-state index is -3.22. The first-order valence-corrected chi connectivity index (χ1v) is 10.7. The molecule has 1 aliphatic heterocycles. The van der Waals surface area contributed by atoms with Crippen molar-refractivity contribution in [2.75, 3.05) is 12.8 Å². The van der Waals surface area contributed by atoms with Crippen LogP contribution in [0.2, 0.25) is 0 Å². The van der Waals surface area contributed by atoms with Gasteiger partial charge in [-0.1, -0.05) is 12.1 Å². The lowest BCUT2D eigenvalue weighted by atomic mass is 10.1. The fourth-order valence-electron chi connectivity index (χ4n) is 3.37. The number of hydrogen-bond acceptors (Lipinski definition) is 5. The lowest BCUT2D eigenvalue weighted by Gasteiger charge is -2.33. The molecule has 1 fully saturated rings. The second-order valence-electron chi connectivity index (χ2n) is 7.18. The van der Waals surface area contributed by atoms with Crippen LogP contribution in [0.1, 0.15) is 48.9 Å². The summed E-state index contributed by atoms with van der Waals surface area (Å²) >= 11 is 0. The van der Waals surface area contributed by atoms with Gasteiger partial charge in [0.2, 0.25) is 5.91 Å². The van der Waals surface area contributed by atoms with E-state index in [2.05, 4.69) is 10.1 Å². The van der Waals surface area contributed by atoms with E-state index in [0.717, 1.165) is 30.1 Å². The van der Waals surface area contributed by atoms with E-state index in [0.29, 0.717) is 19.0 Å². The second-order valence-corrected chi connectivity index (χ2v) is 9.20. The van der Waals surface area contributed by atoms with E-state index in [9.17, 15) is 13.2 Å². The van der Waals surface area contributed by atoms with E-state index in [-0.39, 0.29) is 23.3 Å². The maximum Gasteiger partial charge on any atom is 0.227 e. The van der Waals surface area contributed by atoms with Crippen molar-refractivity contribution in [3.05, 3.63) is 41.5 Å². The maximum absolute atomic E-state index is 12.8. The van der Waals surface area contributed by atoms with E-state index >= 15 is 0 Å². The molecule has 138 valence electrons. The number of hydrogen-bond donors (Lipinski definition) is 0. The van der Waals surface area contributed by atoms with Crippen molar-refractivity contribution in [1.29, 1.82) is 0 Å². The molecule has 0 radical (unpaired) electrons. The van der Waals surface area contributed by atoms with Gasteiger partial charge in [0, 0.05) is 18.7 Å². The molecule has 1 atom stereocenters. The molecule has 1 aromatic carbocycles. The van der Waals surface area contributed by atoms with Gasteiger partial charge in [-0.15, -0.1) is 0 Å². The summed E-state index contributed by atoms with van der Waals surface area (Å²) in [5.41, 5.74) is 0.806. The van der Waals surface area contributed by atoms with E-state index < -0.39 is 9.84 Å². The monoisotopic (exact) mass is 374 g/mol. The smallest absolute Gasteiger partial charge is 0.227 e. The molecule has 0 N–H and O–H groups in total. The molecule has 1 amide bonds. The van der Waals surface area contributed by atoms with Crippen LogP contribution in [0.5, 0.6) is 0 Å². The third kappa shape index (κ3) is 3.25. The number of sulfone groups is 1. The summed E-state index contributed by atoms with van der Waals surface area (Å²) in [4.78, 5) is 19.5. The zero-order chi connectivity index (χ0) is 18.5. The molecule has 0 unspecified atom stereocenters. The molecule has 2 aliphatic rings. The van der Waals surface area contributed by atoms with E-state index in [1.165, 1.54) is 6.26 Å². The van der Waals surface area contributed by atoms with Gasteiger partial charge in [-0.05, 0) is 37.5 Å². The van der Waals surface area contributed by atoms with Crippen LogP contribution in [0.25, 0.3) is 0 Å². The molecule has 0 saturated heterocycles. The van der Waals surface area contributed by atoms with Gasteiger partial charge >= 0.3 is 0 Å². The molecule has 2 heterocycles. The molecule has 7 nitrogen and oxygen atoms in total. The van der Waals surface area contributed by atoms with Crippen molar-refractivity contribution >= 4 is 15.7 Å². The van der Waals surface area contributed by atoms with Crippen LogP contribution >= 0.6 is 0 Å². The number of fused-ring (bicyclic) bond motifs is 1. The van der Waals surface area contributed by atoms with Gasteiger partial charge in [-0.3, -0.25) is 4.79 Å². The molecule has 1 saturated carbocycles. The Morgan fingerprint density at radius 1 is 1.19 bits per heavy atom. The Morgan fingerprint density at radius 3 is 2.50 bits per heavy atom. The molecule has 0 spiro atoms. The topological polar surface area (TPSA) is 85.2 Å². The van der Waals surface area contributed by atoms with Crippen LogP contribution in [0.15, 0.2) is 29.2 Å². The van der Waals surface area contributed by atoms with Crippen LogP contribution in [-0.2, 0) is 27.6 Å². The Labute approximate surface area is 152 Å². The third-order valence-corrected chi connectivity index (χ3v) is 6.21. The van der Waals surface area contributed by atoms with Crippen molar-refractivity contribution in [3.8, 4) is 0 Å². The van der Waals surface area contributed by atoms with Crippen molar-refractivity contribution in [3.63, 3.8) is 0 Å². The number of benzene rings is 1. The normalized spacial score (nSPS) is 20.1. The number of amides is 1. The highest BCUT2D eigenvalue weighted by molar-refractivity contribution is 7.90. The van der Waals surface area contributed by atoms with E-state index in [1.54, 1.807) is 24.3 Å². The van der Waals surface area contributed by atoms with Crippen LogP contribution in [0.3, 0.4) is 0 Å². The standard InChI is InChI=1S/C18H22N4O3S/c1-12-18-19-17(14-5-6-14)20-22(18)10-9-21(12)16(23)11-13-3-7-15(8-4-13)26(2,24)25/h3-4,7-8,12,14H,5-6,9-11H2,1-2H3/t12-/m1/s1. The van der Waals surface area contributed by atoms with Gasteiger partial charge in [-0.25, -0.2) is 18.1 Å². The van der Waals surface area contributed by atoms with Crippen molar-refractivity contribution in [1.82, 2.24) is 19.7 Å². The second kappa shape index (κ2) is 6.19. The number of aromatic nitrogens is 3. The summed E-state index contributed by atoms with van der Waals surface area (Å²) in [5, 5.41) is 4.58. The lowest BCUT2D eigenvalue weighted by Crippen LogP contribution is -2.42. The quantitative estimate of drug-likeness (QED) is 0.813. The minimum Gasteiger partial charge on any atom is -0.331 e. The zero-order valence-electron chi connectivity index (χ0n) is 14.9. The van der Waals surface area contributed by atoms with Crippen LogP contribution in [-0.4, -0.2) is 46.8 Å². The average Bonchev–Trinajstić information content (AvgIpc) is 3.34. The lowest BCUT2D eigenvalue weighted by molar-refractivity contribution is -0.133. The molecule has 8 heteroatoms. The molecule has 1 aliphatic carbocycles. The molecule has 0 bridgehead atoms. The minimum absolute atomic E-state index is 0.0202. The first-order chi connectivity index (χ1) is 12.3. The highest BCUT2D eigenvalue weighted by Crippen LogP contribution is 2.39. The van der Waals surface area contributed by atoms with Gasteiger partial charge in [0.25, 0.3) is 0 Å². The number of rotatable bonds is 4. The fourth-order valence-corrected chi connectivity index (χ4v) is 4.00. The van der Waals surface area contributed by atoms with E-state index in [4.69, 9.17) is 0 Å². The highest BCUT2D eigenvalue weighted by Gasteiger charge is 2.34. The summed E-state index contributed by atoms with van der Waals surface area (Å²) in [6, 6.07) is 6.41. The summed E-state index contributed by atoms with van der Waals surface area (Å²) in [6.45, 7) is 3.26. The van der Waals surface area contributed by atoms with Crippen LogP contribution in [0.4, 0.5) is 0 Å². The number of carbonyl (C=O) groups excluding carboxylic acids is 1. The van der Waals surface area contributed by atoms with Gasteiger partial charge in [0.15, 0.2) is 15.7 Å². The Balaban J connectivity index is 1.48. The van der Waals surface area contributed by atoms with Crippen LogP contribution in [0, 0.1) is 0 Å². The maximum atomic E-state index is 12.8. The van der Waals surface area contributed by atoms with Crippen molar-refractivity contribution in [2.24, 2.45) is 0 Å². The van der Waals surface area contributed by atoms with Crippen molar-refractivity contribution in [2.45, 2.75) is 49.6 Å². The van der Waals surface area contributed by atoms with Gasteiger partial charge < -0.3 is 4.90 Å². The summed E-state index contributed by atoms with van der Waals surface area (Å²) in [5.74, 6) is 2.29. The zero-order valence-corrected chi connectivity index (χ0v) is 15.7. The summed E-state index contributed by atoms with van der Waals surface area (Å²) < 4.78 is 25.0. The first kappa shape index (κ1) is 17.2. The predicted molar refractivity (Wildman–Crippen MR) is 95.4 cm³/mol. The molecule has 2 aromatic rings. The SMILES string of the molecule is C[C@@H]1c2nc(C3CC3)nn2CCN1C(=O)Cc1ccc(S(C)(=O)=O)cc1. The average molecular weight is 374 g/mol. The Kier molecular flexibility index (Phi) is 4.10. The number of carbonyl (C=O) groups is 1. The highest BCUT2D eigenvalue weighted by atomic mass is 32.2. The molecular weight excluding hydrogens is 352 g/mol. The molecular formula is C18H22N4O3S. The van der Waals surface area contributed by atoms with Gasteiger partial charge in [-0.2, -0.15) is 5.10 Å². The van der Waals surface area contributed by atoms with E-state index in [1.807, 2.05) is 16.5 Å². The Bertz CT molecular complexity index is 945. The summed E-state index contributed by atoms with van der Waals surface area (Å²) in [6.07, 6.45) is 3.74. The predicted octanol–water partition coefficient (Wildman–Crippen LogP) is 1.70.